The van der Waals surface area contributed by atoms with E-state index in [1.54, 1.807) is 12.3 Å². The summed E-state index contributed by atoms with van der Waals surface area (Å²) in [6.07, 6.45) is 6.45. The number of anilines is 2. The number of hydrogen-bond acceptors (Lipinski definition) is 4. The highest BCUT2D eigenvalue weighted by molar-refractivity contribution is 5.68. The highest BCUT2D eigenvalue weighted by Crippen LogP contribution is 2.20. The van der Waals surface area contributed by atoms with Crippen LogP contribution in [0.15, 0.2) is 12.3 Å². The minimum atomic E-state index is 0.449. The van der Waals surface area contributed by atoms with Crippen LogP contribution in [0.25, 0.3) is 0 Å². The van der Waals surface area contributed by atoms with Crippen molar-refractivity contribution in [2.24, 2.45) is 5.92 Å². The number of nitriles is 1. The lowest BCUT2D eigenvalue weighted by atomic mass is 9.99. The van der Waals surface area contributed by atoms with E-state index in [1.807, 2.05) is 0 Å². The normalized spacial score (nSPS) is 11.8. The third kappa shape index (κ3) is 3.92. The molecular formula is C14H22N4. The van der Waals surface area contributed by atoms with Gasteiger partial charge in [0.1, 0.15) is 6.07 Å². The summed E-state index contributed by atoms with van der Waals surface area (Å²) in [6, 6.07) is 3.70. The number of nitrogens with two attached hydrogens (primary N) is 1. The van der Waals surface area contributed by atoms with Gasteiger partial charge >= 0.3 is 0 Å². The lowest BCUT2D eigenvalue weighted by Crippen LogP contribution is -2.15. The Balaban J connectivity index is 2.60. The Labute approximate surface area is 109 Å². The number of unbranched alkanes of at least 4 members (excludes halogenated alkanes) is 1. The van der Waals surface area contributed by atoms with Crippen LogP contribution < -0.4 is 11.1 Å². The quantitative estimate of drug-likeness (QED) is 0.775. The number of pyridine rings is 1. The average Bonchev–Trinajstić information content (AvgIpc) is 2.40. The van der Waals surface area contributed by atoms with Crippen molar-refractivity contribution in [3.8, 4) is 6.07 Å². The molecule has 0 fully saturated rings. The van der Waals surface area contributed by atoms with Crippen LogP contribution in [0, 0.1) is 17.2 Å². The van der Waals surface area contributed by atoms with Gasteiger partial charge in [0.15, 0.2) is 5.82 Å². The first-order valence-electron chi connectivity index (χ1n) is 6.61. The molecule has 1 heterocycles. The minimum absolute atomic E-state index is 0.449. The summed E-state index contributed by atoms with van der Waals surface area (Å²) in [5.74, 6) is 1.26. The van der Waals surface area contributed by atoms with Gasteiger partial charge in [-0.25, -0.2) is 4.98 Å². The number of hydrogen-bond donors (Lipinski definition) is 2. The zero-order chi connectivity index (χ0) is 13.4. The zero-order valence-corrected chi connectivity index (χ0v) is 11.2. The summed E-state index contributed by atoms with van der Waals surface area (Å²) in [7, 11) is 0. The van der Waals surface area contributed by atoms with Crippen molar-refractivity contribution in [2.75, 3.05) is 17.6 Å². The molecule has 1 aromatic heterocycles. The number of aromatic nitrogens is 1. The first kappa shape index (κ1) is 14.3. The molecule has 4 heteroatoms. The lowest BCUT2D eigenvalue weighted by Gasteiger charge is -2.16. The molecule has 4 nitrogen and oxygen atoms in total. The molecule has 0 amide bonds. The summed E-state index contributed by atoms with van der Waals surface area (Å²) in [5.41, 5.74) is 6.80. The highest BCUT2D eigenvalue weighted by Gasteiger charge is 2.09. The molecule has 0 aliphatic carbocycles. The Morgan fingerprint density at radius 2 is 2.28 bits per heavy atom. The van der Waals surface area contributed by atoms with Gasteiger partial charge in [0.05, 0.1) is 11.3 Å². The van der Waals surface area contributed by atoms with Crippen molar-refractivity contribution in [3.05, 3.63) is 17.8 Å². The van der Waals surface area contributed by atoms with Gasteiger partial charge in [0.25, 0.3) is 0 Å². The lowest BCUT2D eigenvalue weighted by molar-refractivity contribution is 0.472. The second-order valence-corrected chi connectivity index (χ2v) is 4.53. The van der Waals surface area contributed by atoms with E-state index >= 15 is 0 Å². The third-order valence-corrected chi connectivity index (χ3v) is 3.21. The molecule has 0 saturated carbocycles. The second kappa shape index (κ2) is 7.54. The van der Waals surface area contributed by atoms with Crippen molar-refractivity contribution in [2.45, 2.75) is 39.5 Å². The standard InChI is InChI=1S/C14H22N4/c1-3-5-6-11(4-2)10-18-14-13(16)12(9-15)7-8-17-14/h7-8,11H,3-6,10,16H2,1-2H3,(H,17,18). The predicted molar refractivity (Wildman–Crippen MR) is 75.2 cm³/mol. The van der Waals surface area contributed by atoms with Crippen molar-refractivity contribution in [1.82, 2.24) is 4.98 Å². The van der Waals surface area contributed by atoms with E-state index in [-0.39, 0.29) is 0 Å². The van der Waals surface area contributed by atoms with E-state index in [2.05, 4.69) is 30.2 Å². The Bertz CT molecular complexity index is 409. The summed E-state index contributed by atoms with van der Waals surface area (Å²) in [6.45, 7) is 5.27. The van der Waals surface area contributed by atoms with Gasteiger partial charge in [0.2, 0.25) is 0 Å². The maximum absolute atomic E-state index is 8.90. The Hall–Kier alpha value is -1.76. The molecule has 0 bridgehead atoms. The van der Waals surface area contributed by atoms with Gasteiger partial charge in [-0.2, -0.15) is 5.26 Å². The molecule has 1 rings (SSSR count). The predicted octanol–water partition coefficient (Wildman–Crippen LogP) is 3.16. The van der Waals surface area contributed by atoms with Crippen LogP contribution in [0.5, 0.6) is 0 Å². The number of nitrogens with zero attached hydrogens (tertiary/aromatic N) is 2. The monoisotopic (exact) mass is 246 g/mol. The van der Waals surface area contributed by atoms with Gasteiger partial charge in [-0.3, -0.25) is 0 Å². The molecule has 1 atom stereocenters. The Morgan fingerprint density at radius 1 is 1.50 bits per heavy atom. The summed E-state index contributed by atoms with van der Waals surface area (Å²) >= 11 is 0. The van der Waals surface area contributed by atoms with E-state index in [0.29, 0.717) is 23.0 Å². The SMILES string of the molecule is CCCCC(CC)CNc1nccc(C#N)c1N. The van der Waals surface area contributed by atoms with E-state index in [4.69, 9.17) is 11.0 Å². The van der Waals surface area contributed by atoms with Gasteiger partial charge < -0.3 is 11.1 Å². The van der Waals surface area contributed by atoms with Crippen molar-refractivity contribution in [3.63, 3.8) is 0 Å². The van der Waals surface area contributed by atoms with Crippen LogP contribution in [0.1, 0.15) is 45.1 Å². The maximum Gasteiger partial charge on any atom is 0.150 e. The van der Waals surface area contributed by atoms with Crippen molar-refractivity contribution < 1.29 is 0 Å². The molecule has 0 aliphatic heterocycles. The van der Waals surface area contributed by atoms with E-state index in [9.17, 15) is 0 Å². The van der Waals surface area contributed by atoms with Crippen molar-refractivity contribution >= 4 is 11.5 Å². The fraction of sp³-hybridized carbons (Fsp3) is 0.571. The molecule has 1 aromatic rings. The molecule has 3 N–H and O–H groups in total. The molecule has 18 heavy (non-hydrogen) atoms. The van der Waals surface area contributed by atoms with E-state index < -0.39 is 0 Å². The first-order chi connectivity index (χ1) is 8.72. The molecule has 98 valence electrons. The molecule has 0 radical (unpaired) electrons. The van der Waals surface area contributed by atoms with Crippen LogP contribution in [0.4, 0.5) is 11.5 Å². The van der Waals surface area contributed by atoms with Crippen LogP contribution in [0.3, 0.4) is 0 Å². The Kier molecular flexibility index (Phi) is 5.99. The number of nitrogen functional groups attached to an aromatic ring is 1. The van der Waals surface area contributed by atoms with Crippen LogP contribution in [-0.2, 0) is 0 Å². The molecular weight excluding hydrogens is 224 g/mol. The van der Waals surface area contributed by atoms with Crippen LogP contribution in [-0.4, -0.2) is 11.5 Å². The fourth-order valence-corrected chi connectivity index (χ4v) is 1.90. The highest BCUT2D eigenvalue weighted by atomic mass is 15.0. The first-order valence-corrected chi connectivity index (χ1v) is 6.61. The van der Waals surface area contributed by atoms with E-state index in [0.717, 1.165) is 13.0 Å². The molecule has 0 aromatic carbocycles. The van der Waals surface area contributed by atoms with Gasteiger partial charge in [-0.1, -0.05) is 33.1 Å². The summed E-state index contributed by atoms with van der Waals surface area (Å²) in [5, 5.41) is 12.2. The van der Waals surface area contributed by atoms with Crippen LogP contribution >= 0.6 is 0 Å². The summed E-state index contributed by atoms with van der Waals surface area (Å²) in [4.78, 5) is 4.19. The molecule has 0 spiro atoms. The summed E-state index contributed by atoms with van der Waals surface area (Å²) < 4.78 is 0. The number of nitrogens with one attached hydrogen (secondary N) is 1. The minimum Gasteiger partial charge on any atom is -0.395 e. The number of rotatable bonds is 7. The smallest absolute Gasteiger partial charge is 0.150 e. The van der Waals surface area contributed by atoms with Crippen molar-refractivity contribution in [1.29, 1.82) is 5.26 Å². The average molecular weight is 246 g/mol. The maximum atomic E-state index is 8.90. The van der Waals surface area contributed by atoms with E-state index in [1.165, 1.54) is 19.3 Å². The van der Waals surface area contributed by atoms with Crippen LogP contribution in [0.2, 0.25) is 0 Å². The van der Waals surface area contributed by atoms with Gasteiger partial charge in [-0.05, 0) is 18.4 Å². The third-order valence-electron chi connectivity index (χ3n) is 3.21. The van der Waals surface area contributed by atoms with Gasteiger partial charge in [-0.15, -0.1) is 0 Å². The van der Waals surface area contributed by atoms with Gasteiger partial charge in [0, 0.05) is 12.7 Å². The molecule has 0 aliphatic rings. The molecule has 1 unspecified atom stereocenters. The topological polar surface area (TPSA) is 74.7 Å². The second-order valence-electron chi connectivity index (χ2n) is 4.53. The largest absolute Gasteiger partial charge is 0.395 e. The Morgan fingerprint density at radius 3 is 2.89 bits per heavy atom. The zero-order valence-electron chi connectivity index (χ0n) is 11.2. The fourth-order valence-electron chi connectivity index (χ4n) is 1.90. The molecule has 0 saturated heterocycles.